The Morgan fingerprint density at radius 2 is 1.96 bits per heavy atom. The lowest BCUT2D eigenvalue weighted by Gasteiger charge is -2.29. The molecule has 1 N–H and O–H groups in total. The van der Waals surface area contributed by atoms with E-state index in [0.717, 1.165) is 31.5 Å². The van der Waals surface area contributed by atoms with Crippen LogP contribution in [0.4, 0.5) is 0 Å². The van der Waals surface area contributed by atoms with E-state index < -0.39 is 6.04 Å². The third-order valence-corrected chi connectivity index (χ3v) is 4.77. The molecule has 2 atom stereocenters. The van der Waals surface area contributed by atoms with Crippen LogP contribution < -0.4 is 5.32 Å². The van der Waals surface area contributed by atoms with Gasteiger partial charge < -0.3 is 10.2 Å². The van der Waals surface area contributed by atoms with Gasteiger partial charge in [0.1, 0.15) is 12.1 Å². The van der Waals surface area contributed by atoms with Gasteiger partial charge in [0.15, 0.2) is 5.11 Å². The summed E-state index contributed by atoms with van der Waals surface area (Å²) in [5, 5.41) is 3.32. The Morgan fingerprint density at radius 1 is 1.30 bits per heavy atom. The van der Waals surface area contributed by atoms with Crippen LogP contribution in [0.2, 0.25) is 0 Å². The minimum atomic E-state index is -0.562. The highest BCUT2D eigenvalue weighted by atomic mass is 32.1. The minimum Gasteiger partial charge on any atom is -0.351 e. The third kappa shape index (κ3) is 3.22. The Labute approximate surface area is 141 Å². The van der Waals surface area contributed by atoms with Crippen molar-refractivity contribution in [3.8, 4) is 0 Å². The summed E-state index contributed by atoms with van der Waals surface area (Å²) >= 11 is 5.30. The smallest absolute Gasteiger partial charge is 0.251 e. The number of thiocarbonyl (C=S) groups is 1. The molecule has 2 aliphatic rings. The highest BCUT2D eigenvalue weighted by Gasteiger charge is 2.42. The van der Waals surface area contributed by atoms with Crippen molar-refractivity contribution in [3.63, 3.8) is 0 Å². The molecule has 2 aliphatic heterocycles. The fraction of sp³-hybridized carbons (Fsp3) is 0.471. The van der Waals surface area contributed by atoms with Crippen LogP contribution in [0.25, 0.3) is 0 Å². The molecule has 2 fully saturated rings. The second kappa shape index (κ2) is 6.66. The lowest BCUT2D eigenvalue weighted by atomic mass is 10.0. The molecule has 5 nitrogen and oxygen atoms in total. The summed E-state index contributed by atoms with van der Waals surface area (Å²) in [5.41, 5.74) is 1.03. The van der Waals surface area contributed by atoms with Gasteiger partial charge in [0.05, 0.1) is 0 Å². The standard InChI is InChI=1S/C17H21N3O2S/c1-12-15(21)20(17(23)18-12)14(11-13-7-3-2-4-8-13)16(22)19-9-5-6-10-19/h2-4,7-8,12,14H,5-6,9-11H2,1H3,(H,18,23)/t12-,14+/m1/s1. The van der Waals surface area contributed by atoms with Crippen molar-refractivity contribution < 1.29 is 9.59 Å². The molecule has 6 heteroatoms. The van der Waals surface area contributed by atoms with Crippen LogP contribution in [0.1, 0.15) is 25.3 Å². The first-order valence-corrected chi connectivity index (χ1v) is 8.45. The molecule has 0 unspecified atom stereocenters. The van der Waals surface area contributed by atoms with E-state index in [1.807, 2.05) is 35.2 Å². The molecular formula is C17H21N3O2S. The molecule has 2 heterocycles. The number of benzene rings is 1. The average molecular weight is 331 g/mol. The Balaban J connectivity index is 1.88. The number of carbonyl (C=O) groups excluding carboxylic acids is 2. The van der Waals surface area contributed by atoms with Crippen LogP contribution in [0, 0.1) is 0 Å². The molecule has 2 saturated heterocycles. The van der Waals surface area contributed by atoms with Gasteiger partial charge in [-0.25, -0.2) is 0 Å². The van der Waals surface area contributed by atoms with Gasteiger partial charge in [0.2, 0.25) is 5.91 Å². The van der Waals surface area contributed by atoms with Crippen molar-refractivity contribution in [2.45, 2.75) is 38.3 Å². The normalized spacial score (nSPS) is 22.4. The highest BCUT2D eigenvalue weighted by Crippen LogP contribution is 2.20. The van der Waals surface area contributed by atoms with E-state index in [9.17, 15) is 9.59 Å². The predicted octanol–water partition coefficient (Wildman–Crippen LogP) is 1.33. The second-order valence-corrected chi connectivity index (χ2v) is 6.50. The van der Waals surface area contributed by atoms with Crippen molar-refractivity contribution in [1.29, 1.82) is 0 Å². The second-order valence-electron chi connectivity index (χ2n) is 6.12. The largest absolute Gasteiger partial charge is 0.351 e. The molecule has 0 aliphatic carbocycles. The number of hydrogen-bond acceptors (Lipinski definition) is 3. The van der Waals surface area contributed by atoms with Crippen molar-refractivity contribution >= 4 is 29.1 Å². The molecule has 1 aromatic rings. The number of nitrogens with zero attached hydrogens (tertiary/aromatic N) is 2. The van der Waals surface area contributed by atoms with Crippen LogP contribution in [0.5, 0.6) is 0 Å². The van der Waals surface area contributed by atoms with Crippen molar-refractivity contribution in [2.24, 2.45) is 0 Å². The number of nitrogens with one attached hydrogen (secondary N) is 1. The summed E-state index contributed by atoms with van der Waals surface area (Å²) < 4.78 is 0. The molecule has 0 saturated carbocycles. The number of amides is 2. The van der Waals surface area contributed by atoms with Gasteiger partial charge in [-0.05, 0) is 37.5 Å². The van der Waals surface area contributed by atoms with Crippen LogP contribution in [0.3, 0.4) is 0 Å². The third-order valence-electron chi connectivity index (χ3n) is 4.45. The fourth-order valence-corrected chi connectivity index (χ4v) is 3.59. The van der Waals surface area contributed by atoms with Crippen LogP contribution in [-0.2, 0) is 16.0 Å². The van der Waals surface area contributed by atoms with E-state index in [1.165, 1.54) is 4.90 Å². The fourth-order valence-electron chi connectivity index (χ4n) is 3.19. The van der Waals surface area contributed by atoms with Gasteiger partial charge in [-0.3, -0.25) is 14.5 Å². The van der Waals surface area contributed by atoms with Crippen LogP contribution in [0.15, 0.2) is 30.3 Å². The highest BCUT2D eigenvalue weighted by molar-refractivity contribution is 7.80. The molecule has 0 bridgehead atoms. The van der Waals surface area contributed by atoms with E-state index in [-0.39, 0.29) is 17.9 Å². The number of rotatable bonds is 4. The predicted molar refractivity (Wildman–Crippen MR) is 91.8 cm³/mol. The van der Waals surface area contributed by atoms with Crippen LogP contribution in [-0.4, -0.2) is 51.9 Å². The number of carbonyl (C=O) groups is 2. The van der Waals surface area contributed by atoms with E-state index >= 15 is 0 Å². The lowest BCUT2D eigenvalue weighted by Crippen LogP contribution is -2.51. The molecule has 0 spiro atoms. The molecular weight excluding hydrogens is 310 g/mol. The zero-order chi connectivity index (χ0) is 16.4. The Morgan fingerprint density at radius 3 is 2.52 bits per heavy atom. The summed E-state index contributed by atoms with van der Waals surface area (Å²) in [4.78, 5) is 28.8. The Kier molecular flexibility index (Phi) is 4.61. The summed E-state index contributed by atoms with van der Waals surface area (Å²) in [7, 11) is 0. The zero-order valence-corrected chi connectivity index (χ0v) is 14.0. The van der Waals surface area contributed by atoms with Gasteiger partial charge >= 0.3 is 0 Å². The summed E-state index contributed by atoms with van der Waals surface area (Å²) in [6, 6.07) is 8.85. The van der Waals surface area contributed by atoms with E-state index in [0.29, 0.717) is 11.5 Å². The molecule has 0 radical (unpaired) electrons. The molecule has 0 aromatic heterocycles. The minimum absolute atomic E-state index is 0.00190. The first-order chi connectivity index (χ1) is 11.1. The zero-order valence-electron chi connectivity index (χ0n) is 13.2. The van der Waals surface area contributed by atoms with Gasteiger partial charge in [-0.1, -0.05) is 30.3 Å². The number of hydrogen-bond donors (Lipinski definition) is 1. The van der Waals surface area contributed by atoms with E-state index in [2.05, 4.69) is 5.32 Å². The lowest BCUT2D eigenvalue weighted by molar-refractivity contribution is -0.140. The monoisotopic (exact) mass is 331 g/mol. The maximum Gasteiger partial charge on any atom is 0.251 e. The molecule has 2 amide bonds. The summed E-state index contributed by atoms with van der Waals surface area (Å²) in [5.74, 6) is -0.124. The van der Waals surface area contributed by atoms with Gasteiger partial charge in [-0.2, -0.15) is 0 Å². The Hall–Kier alpha value is -1.95. The summed E-state index contributed by atoms with van der Waals surface area (Å²) in [6.45, 7) is 3.30. The molecule has 1 aromatic carbocycles. The van der Waals surface area contributed by atoms with Crippen LogP contribution >= 0.6 is 12.2 Å². The average Bonchev–Trinajstić information content (AvgIpc) is 3.16. The molecule has 3 rings (SSSR count). The quantitative estimate of drug-likeness (QED) is 0.846. The van der Waals surface area contributed by atoms with Gasteiger partial charge in [0.25, 0.3) is 5.91 Å². The SMILES string of the molecule is C[C@H]1NC(=S)N([C@@H](Cc2ccccc2)C(=O)N2CCCC2)C1=O. The maximum absolute atomic E-state index is 13.0. The first kappa shape index (κ1) is 15.9. The van der Waals surface area contributed by atoms with Gasteiger partial charge in [0, 0.05) is 19.5 Å². The van der Waals surface area contributed by atoms with Gasteiger partial charge in [-0.15, -0.1) is 0 Å². The first-order valence-electron chi connectivity index (χ1n) is 8.04. The van der Waals surface area contributed by atoms with E-state index in [4.69, 9.17) is 12.2 Å². The van der Waals surface area contributed by atoms with Crippen molar-refractivity contribution in [3.05, 3.63) is 35.9 Å². The Bertz CT molecular complexity index is 614. The number of likely N-dealkylation sites (tertiary alicyclic amines) is 1. The maximum atomic E-state index is 13.0. The topological polar surface area (TPSA) is 52.7 Å². The van der Waals surface area contributed by atoms with E-state index in [1.54, 1.807) is 6.92 Å². The molecule has 23 heavy (non-hydrogen) atoms. The summed E-state index contributed by atoms with van der Waals surface area (Å²) in [6.07, 6.45) is 2.53. The van der Waals surface area contributed by atoms with Crippen molar-refractivity contribution in [1.82, 2.24) is 15.1 Å². The molecule has 122 valence electrons. The van der Waals surface area contributed by atoms with Crippen molar-refractivity contribution in [2.75, 3.05) is 13.1 Å².